The maximum absolute atomic E-state index is 13.4. The third kappa shape index (κ3) is 4.44. The normalized spacial score (nSPS) is 15.5. The van der Waals surface area contributed by atoms with E-state index >= 15 is 0 Å². The van der Waals surface area contributed by atoms with Crippen LogP contribution < -0.4 is 4.90 Å². The first-order valence-corrected chi connectivity index (χ1v) is 12.3. The highest BCUT2D eigenvalue weighted by atomic mass is 35.5. The van der Waals surface area contributed by atoms with Crippen molar-refractivity contribution in [1.29, 1.82) is 0 Å². The third-order valence-electron chi connectivity index (χ3n) is 4.69. The first-order valence-electron chi connectivity index (χ1n) is 8.86. The Labute approximate surface area is 192 Å². The first-order chi connectivity index (χ1) is 14.2. The molecule has 0 spiro atoms. The van der Waals surface area contributed by atoms with E-state index in [0.29, 0.717) is 31.9 Å². The molecule has 30 heavy (non-hydrogen) atoms. The van der Waals surface area contributed by atoms with E-state index in [0.717, 1.165) is 10.7 Å². The number of nitrogens with zero attached hydrogens (tertiary/aromatic N) is 3. The Morgan fingerprint density at radius 2 is 1.63 bits per heavy atom. The molecule has 0 amide bonds. The summed E-state index contributed by atoms with van der Waals surface area (Å²) in [6.45, 7) is 1.60. The van der Waals surface area contributed by atoms with Crippen molar-refractivity contribution in [3.05, 3.63) is 62.7 Å². The Bertz CT molecular complexity index is 1180. The molecule has 0 bridgehead atoms. The molecule has 1 fully saturated rings. The summed E-state index contributed by atoms with van der Waals surface area (Å²) in [4.78, 5) is 6.71. The van der Waals surface area contributed by atoms with E-state index in [1.807, 2.05) is 10.3 Å². The molecule has 158 valence electrons. The highest BCUT2D eigenvalue weighted by molar-refractivity contribution is 7.89. The lowest BCUT2D eigenvalue weighted by Crippen LogP contribution is -2.48. The van der Waals surface area contributed by atoms with Crippen molar-refractivity contribution in [2.45, 2.75) is 4.90 Å². The van der Waals surface area contributed by atoms with Gasteiger partial charge < -0.3 is 4.90 Å². The highest BCUT2D eigenvalue weighted by Gasteiger charge is 2.30. The molecule has 0 radical (unpaired) electrons. The zero-order valence-electron chi connectivity index (χ0n) is 15.4. The van der Waals surface area contributed by atoms with E-state index < -0.39 is 15.8 Å². The van der Waals surface area contributed by atoms with Crippen LogP contribution in [0.3, 0.4) is 0 Å². The van der Waals surface area contributed by atoms with Gasteiger partial charge in [0.2, 0.25) is 10.0 Å². The minimum Gasteiger partial charge on any atom is -0.345 e. The van der Waals surface area contributed by atoms with Gasteiger partial charge in [0.15, 0.2) is 5.13 Å². The minimum absolute atomic E-state index is 0.0435. The average molecular weight is 507 g/mol. The summed E-state index contributed by atoms with van der Waals surface area (Å²) in [6.07, 6.45) is 0. The van der Waals surface area contributed by atoms with Crippen LogP contribution >= 0.6 is 46.1 Å². The van der Waals surface area contributed by atoms with Gasteiger partial charge in [-0.05, 0) is 36.4 Å². The van der Waals surface area contributed by atoms with Gasteiger partial charge in [0.05, 0.1) is 15.6 Å². The maximum Gasteiger partial charge on any atom is 0.243 e. The molecule has 0 N–H and O–H groups in total. The first kappa shape index (κ1) is 21.8. The Morgan fingerprint density at radius 1 is 0.967 bits per heavy atom. The summed E-state index contributed by atoms with van der Waals surface area (Å²) in [6, 6.07) is 8.76. The zero-order chi connectivity index (χ0) is 21.5. The molecular weight excluding hydrogens is 492 g/mol. The summed E-state index contributed by atoms with van der Waals surface area (Å²) in [5.41, 5.74) is 1.42. The van der Waals surface area contributed by atoms with Crippen LogP contribution in [-0.4, -0.2) is 43.9 Å². The van der Waals surface area contributed by atoms with Gasteiger partial charge >= 0.3 is 0 Å². The van der Waals surface area contributed by atoms with Gasteiger partial charge in [-0.15, -0.1) is 11.3 Å². The molecule has 1 aromatic heterocycles. The molecule has 1 aliphatic heterocycles. The second-order valence-corrected chi connectivity index (χ2v) is 10.7. The molecule has 2 aromatic carbocycles. The summed E-state index contributed by atoms with van der Waals surface area (Å²) >= 11 is 19.2. The van der Waals surface area contributed by atoms with E-state index in [2.05, 4.69) is 4.98 Å². The fraction of sp³-hybridized carbons (Fsp3) is 0.211. The number of anilines is 1. The Kier molecular flexibility index (Phi) is 6.25. The monoisotopic (exact) mass is 505 g/mol. The number of hydrogen-bond acceptors (Lipinski definition) is 5. The molecule has 4 rings (SSSR count). The molecule has 1 aliphatic rings. The van der Waals surface area contributed by atoms with Crippen LogP contribution in [0.5, 0.6) is 0 Å². The Balaban J connectivity index is 1.47. The van der Waals surface area contributed by atoms with E-state index in [4.69, 9.17) is 34.8 Å². The molecule has 5 nitrogen and oxygen atoms in total. The SMILES string of the molecule is O=S(=O)(c1cc(Cl)cc(Cl)c1)N1CCN(c2nc(-c3ccc(F)c(Cl)c3)cs2)CC1. The predicted octanol–water partition coefficient (Wildman–Crippen LogP) is 5.42. The standard InChI is InChI=1S/C19H15Cl3FN3O2S2/c20-13-8-14(21)10-15(9-13)30(27,28)26-5-3-25(4-6-26)19-24-18(11-29-19)12-1-2-17(23)16(22)7-12/h1-2,7-11H,3-6H2. The lowest BCUT2D eigenvalue weighted by molar-refractivity contribution is 0.385. The van der Waals surface area contributed by atoms with Crippen LogP contribution in [0.2, 0.25) is 15.1 Å². The summed E-state index contributed by atoms with van der Waals surface area (Å²) in [5.74, 6) is -0.478. The lowest BCUT2D eigenvalue weighted by Gasteiger charge is -2.33. The van der Waals surface area contributed by atoms with Crippen LogP contribution in [0.25, 0.3) is 11.3 Å². The van der Waals surface area contributed by atoms with Crippen LogP contribution in [0, 0.1) is 5.82 Å². The van der Waals surface area contributed by atoms with Gasteiger partial charge in [0.1, 0.15) is 5.82 Å². The topological polar surface area (TPSA) is 53.5 Å². The van der Waals surface area contributed by atoms with Gasteiger partial charge in [-0.2, -0.15) is 4.31 Å². The van der Waals surface area contributed by atoms with Gasteiger partial charge in [-0.25, -0.2) is 17.8 Å². The van der Waals surface area contributed by atoms with Crippen LogP contribution in [0.15, 0.2) is 46.7 Å². The minimum atomic E-state index is -3.69. The van der Waals surface area contributed by atoms with Crippen LogP contribution in [-0.2, 0) is 10.0 Å². The number of aromatic nitrogens is 1. The van der Waals surface area contributed by atoms with Crippen LogP contribution in [0.4, 0.5) is 9.52 Å². The van der Waals surface area contributed by atoms with Crippen molar-refractivity contribution in [3.63, 3.8) is 0 Å². The van der Waals surface area contributed by atoms with E-state index in [-0.39, 0.29) is 20.0 Å². The van der Waals surface area contributed by atoms with Gasteiger partial charge in [0.25, 0.3) is 0 Å². The molecule has 11 heteroatoms. The number of sulfonamides is 1. The van der Waals surface area contributed by atoms with Crippen molar-refractivity contribution in [2.75, 3.05) is 31.1 Å². The van der Waals surface area contributed by atoms with Gasteiger partial charge in [-0.1, -0.05) is 34.8 Å². The molecule has 0 aliphatic carbocycles. The second kappa shape index (κ2) is 8.61. The smallest absolute Gasteiger partial charge is 0.243 e. The number of benzene rings is 2. The van der Waals surface area contributed by atoms with Gasteiger partial charge in [-0.3, -0.25) is 0 Å². The van der Waals surface area contributed by atoms with E-state index in [1.165, 1.54) is 46.0 Å². The van der Waals surface area contributed by atoms with Crippen molar-refractivity contribution < 1.29 is 12.8 Å². The van der Waals surface area contributed by atoms with Crippen molar-refractivity contribution >= 4 is 61.3 Å². The highest BCUT2D eigenvalue weighted by Crippen LogP contribution is 2.31. The molecule has 3 aromatic rings. The Morgan fingerprint density at radius 3 is 2.27 bits per heavy atom. The number of rotatable bonds is 4. The average Bonchev–Trinajstić information content (AvgIpc) is 3.20. The molecule has 2 heterocycles. The summed E-state index contributed by atoms with van der Waals surface area (Å²) in [5, 5.41) is 3.23. The molecule has 0 saturated carbocycles. The molecule has 0 unspecified atom stereocenters. The van der Waals surface area contributed by atoms with Crippen molar-refractivity contribution in [2.24, 2.45) is 0 Å². The van der Waals surface area contributed by atoms with E-state index in [9.17, 15) is 12.8 Å². The zero-order valence-corrected chi connectivity index (χ0v) is 19.3. The van der Waals surface area contributed by atoms with Crippen molar-refractivity contribution in [1.82, 2.24) is 9.29 Å². The second-order valence-electron chi connectivity index (χ2n) is 6.64. The van der Waals surface area contributed by atoms with Crippen LogP contribution in [0.1, 0.15) is 0 Å². The van der Waals surface area contributed by atoms with Crippen molar-refractivity contribution in [3.8, 4) is 11.3 Å². The molecule has 0 atom stereocenters. The summed E-state index contributed by atoms with van der Waals surface area (Å²) < 4.78 is 40.6. The molecule has 1 saturated heterocycles. The fourth-order valence-corrected chi connectivity index (χ4v) is 6.36. The third-order valence-corrected chi connectivity index (χ3v) is 8.19. The quantitative estimate of drug-likeness (QED) is 0.474. The lowest BCUT2D eigenvalue weighted by atomic mass is 10.2. The number of hydrogen-bond donors (Lipinski definition) is 0. The van der Waals surface area contributed by atoms with Gasteiger partial charge in [0, 0.05) is 47.2 Å². The fourth-order valence-electron chi connectivity index (χ4n) is 3.14. The summed E-state index contributed by atoms with van der Waals surface area (Å²) in [7, 11) is -3.69. The molecular formula is C19H15Cl3FN3O2S2. The number of halogens is 4. The largest absolute Gasteiger partial charge is 0.345 e. The van der Waals surface area contributed by atoms with E-state index in [1.54, 1.807) is 6.07 Å². The Hall–Kier alpha value is -1.42. The number of thiazole rings is 1. The maximum atomic E-state index is 13.4. The predicted molar refractivity (Wildman–Crippen MR) is 120 cm³/mol. The number of piperazine rings is 1.